The minimum absolute atomic E-state index is 0.116. The molecule has 0 aliphatic heterocycles. The highest BCUT2D eigenvalue weighted by Crippen LogP contribution is 2.28. The van der Waals surface area contributed by atoms with Gasteiger partial charge in [0.15, 0.2) is 5.11 Å². The van der Waals surface area contributed by atoms with Crippen LogP contribution in [-0.4, -0.2) is 11.7 Å². The Morgan fingerprint density at radius 2 is 1.88 bits per heavy atom. The van der Waals surface area contributed by atoms with Gasteiger partial charge in [-0.1, -0.05) is 39.0 Å². The third-order valence-electron chi connectivity index (χ3n) is 2.32. The fourth-order valence-corrected chi connectivity index (χ4v) is 1.83. The molecule has 0 heterocycles. The zero-order chi connectivity index (χ0) is 12.2. The number of hydrogen-bond donors (Lipinski definition) is 2. The Morgan fingerprint density at radius 1 is 1.25 bits per heavy atom. The molecular weight excluding hydrogens is 216 g/mol. The fraction of sp³-hybridized carbons (Fsp3) is 0.462. The molecule has 0 spiro atoms. The fourth-order valence-electron chi connectivity index (χ4n) is 1.57. The van der Waals surface area contributed by atoms with E-state index in [2.05, 4.69) is 49.6 Å². The highest BCUT2D eigenvalue weighted by Gasteiger charge is 2.17. The molecule has 16 heavy (non-hydrogen) atoms. The third kappa shape index (κ3) is 3.49. The molecule has 0 fully saturated rings. The summed E-state index contributed by atoms with van der Waals surface area (Å²) in [6.45, 7) is 9.46. The van der Waals surface area contributed by atoms with Gasteiger partial charge in [0.2, 0.25) is 0 Å². The Morgan fingerprint density at radius 3 is 2.44 bits per heavy atom. The Kier molecular flexibility index (Phi) is 4.30. The Labute approximate surface area is 103 Å². The molecule has 1 aromatic carbocycles. The summed E-state index contributed by atoms with van der Waals surface area (Å²) in [5.74, 6) is 0. The van der Waals surface area contributed by atoms with Crippen molar-refractivity contribution >= 4 is 23.0 Å². The molecule has 0 saturated heterocycles. The molecule has 0 radical (unpaired) electrons. The van der Waals surface area contributed by atoms with Gasteiger partial charge in [0.25, 0.3) is 0 Å². The van der Waals surface area contributed by atoms with Crippen LogP contribution in [0.1, 0.15) is 33.3 Å². The highest BCUT2D eigenvalue weighted by atomic mass is 32.1. The molecule has 0 unspecified atom stereocenters. The second-order valence-corrected chi connectivity index (χ2v) is 5.19. The van der Waals surface area contributed by atoms with E-state index in [4.69, 9.17) is 12.2 Å². The summed E-state index contributed by atoms with van der Waals surface area (Å²) in [4.78, 5) is 0. The van der Waals surface area contributed by atoms with Crippen LogP contribution in [-0.2, 0) is 5.41 Å². The predicted molar refractivity (Wildman–Crippen MR) is 75.0 cm³/mol. The zero-order valence-corrected chi connectivity index (χ0v) is 11.2. The number of para-hydroxylation sites is 1. The average molecular weight is 236 g/mol. The predicted octanol–water partition coefficient (Wildman–Crippen LogP) is 3.29. The van der Waals surface area contributed by atoms with E-state index in [1.54, 1.807) is 0 Å². The van der Waals surface area contributed by atoms with Crippen LogP contribution in [0, 0.1) is 0 Å². The van der Waals surface area contributed by atoms with Crippen molar-refractivity contribution in [3.63, 3.8) is 0 Å². The lowest BCUT2D eigenvalue weighted by molar-refractivity contribution is 0.592. The maximum atomic E-state index is 5.20. The van der Waals surface area contributed by atoms with Crippen molar-refractivity contribution in [1.29, 1.82) is 0 Å². The lowest BCUT2D eigenvalue weighted by atomic mass is 9.86. The summed E-state index contributed by atoms with van der Waals surface area (Å²) in [6.07, 6.45) is 0. The number of hydrogen-bond acceptors (Lipinski definition) is 1. The van der Waals surface area contributed by atoms with Gasteiger partial charge in [0.1, 0.15) is 0 Å². The molecule has 1 aromatic rings. The molecular formula is C13H20N2S. The van der Waals surface area contributed by atoms with Crippen molar-refractivity contribution in [3.05, 3.63) is 29.8 Å². The molecule has 0 aliphatic carbocycles. The lowest BCUT2D eigenvalue weighted by Crippen LogP contribution is -2.29. The number of thiocarbonyl (C=S) groups is 1. The van der Waals surface area contributed by atoms with E-state index >= 15 is 0 Å². The molecule has 0 saturated carbocycles. The van der Waals surface area contributed by atoms with Gasteiger partial charge in [0, 0.05) is 12.2 Å². The Balaban J connectivity index is 2.92. The van der Waals surface area contributed by atoms with Crippen molar-refractivity contribution in [2.24, 2.45) is 0 Å². The lowest BCUT2D eigenvalue weighted by Gasteiger charge is -2.23. The Bertz CT molecular complexity index is 366. The molecule has 0 atom stereocenters. The van der Waals surface area contributed by atoms with Crippen molar-refractivity contribution < 1.29 is 0 Å². The van der Waals surface area contributed by atoms with E-state index in [0.29, 0.717) is 5.11 Å². The molecule has 88 valence electrons. The molecule has 0 aromatic heterocycles. The zero-order valence-electron chi connectivity index (χ0n) is 10.4. The summed E-state index contributed by atoms with van der Waals surface area (Å²) in [6, 6.07) is 8.27. The molecule has 0 bridgehead atoms. The van der Waals surface area contributed by atoms with E-state index in [1.165, 1.54) is 5.56 Å². The number of anilines is 1. The summed E-state index contributed by atoms with van der Waals surface area (Å²) < 4.78 is 0. The maximum Gasteiger partial charge on any atom is 0.170 e. The van der Waals surface area contributed by atoms with Gasteiger partial charge >= 0.3 is 0 Å². The van der Waals surface area contributed by atoms with E-state index in [-0.39, 0.29) is 5.41 Å². The van der Waals surface area contributed by atoms with Gasteiger partial charge in [-0.15, -0.1) is 0 Å². The largest absolute Gasteiger partial charge is 0.363 e. The van der Waals surface area contributed by atoms with Crippen LogP contribution in [0.5, 0.6) is 0 Å². The Hall–Kier alpha value is -1.09. The van der Waals surface area contributed by atoms with Crippen LogP contribution in [0.3, 0.4) is 0 Å². The van der Waals surface area contributed by atoms with Crippen LogP contribution >= 0.6 is 12.2 Å². The maximum absolute atomic E-state index is 5.20. The standard InChI is InChI=1S/C13H20N2S/c1-5-14-12(16)15-11-9-7-6-8-10(11)13(2,3)4/h6-9H,5H2,1-4H3,(H2,14,15,16). The van der Waals surface area contributed by atoms with Gasteiger partial charge in [-0.2, -0.15) is 0 Å². The second kappa shape index (κ2) is 5.30. The van der Waals surface area contributed by atoms with E-state index in [9.17, 15) is 0 Å². The molecule has 0 aliphatic rings. The first-order chi connectivity index (χ1) is 7.45. The first-order valence-corrected chi connectivity index (χ1v) is 6.00. The number of benzene rings is 1. The third-order valence-corrected chi connectivity index (χ3v) is 2.57. The van der Waals surface area contributed by atoms with E-state index in [1.807, 2.05) is 13.0 Å². The topological polar surface area (TPSA) is 24.1 Å². The molecule has 0 amide bonds. The van der Waals surface area contributed by atoms with Crippen molar-refractivity contribution in [3.8, 4) is 0 Å². The molecule has 2 nitrogen and oxygen atoms in total. The van der Waals surface area contributed by atoms with E-state index < -0.39 is 0 Å². The summed E-state index contributed by atoms with van der Waals surface area (Å²) in [7, 11) is 0. The smallest absolute Gasteiger partial charge is 0.170 e. The summed E-state index contributed by atoms with van der Waals surface area (Å²) in [5.41, 5.74) is 2.47. The number of nitrogens with one attached hydrogen (secondary N) is 2. The van der Waals surface area contributed by atoms with Crippen molar-refractivity contribution in [1.82, 2.24) is 5.32 Å². The van der Waals surface area contributed by atoms with Gasteiger partial charge in [-0.05, 0) is 36.2 Å². The molecule has 3 heteroatoms. The summed E-state index contributed by atoms with van der Waals surface area (Å²) >= 11 is 5.20. The van der Waals surface area contributed by atoms with Crippen molar-refractivity contribution in [2.45, 2.75) is 33.1 Å². The van der Waals surface area contributed by atoms with Crippen LogP contribution in [0.4, 0.5) is 5.69 Å². The highest BCUT2D eigenvalue weighted by molar-refractivity contribution is 7.80. The number of rotatable bonds is 2. The SMILES string of the molecule is CCNC(=S)Nc1ccccc1C(C)(C)C. The molecule has 1 rings (SSSR count). The minimum atomic E-state index is 0.116. The van der Waals surface area contributed by atoms with Gasteiger partial charge in [0.05, 0.1) is 0 Å². The molecule has 2 N–H and O–H groups in total. The van der Waals surface area contributed by atoms with Crippen LogP contribution < -0.4 is 10.6 Å². The average Bonchev–Trinajstić information content (AvgIpc) is 2.17. The van der Waals surface area contributed by atoms with Crippen LogP contribution in [0.15, 0.2) is 24.3 Å². The van der Waals surface area contributed by atoms with Gasteiger partial charge < -0.3 is 10.6 Å². The van der Waals surface area contributed by atoms with Gasteiger partial charge in [-0.3, -0.25) is 0 Å². The quantitative estimate of drug-likeness (QED) is 0.771. The first-order valence-electron chi connectivity index (χ1n) is 5.59. The van der Waals surface area contributed by atoms with Crippen LogP contribution in [0.25, 0.3) is 0 Å². The van der Waals surface area contributed by atoms with Crippen LogP contribution in [0.2, 0.25) is 0 Å². The first kappa shape index (κ1) is 13.0. The normalized spacial score (nSPS) is 11.0. The van der Waals surface area contributed by atoms with Crippen molar-refractivity contribution in [2.75, 3.05) is 11.9 Å². The minimum Gasteiger partial charge on any atom is -0.363 e. The second-order valence-electron chi connectivity index (χ2n) is 4.78. The van der Waals surface area contributed by atoms with E-state index in [0.717, 1.165) is 12.2 Å². The monoisotopic (exact) mass is 236 g/mol. The van der Waals surface area contributed by atoms with Gasteiger partial charge in [-0.25, -0.2) is 0 Å². The summed E-state index contributed by atoms with van der Waals surface area (Å²) in [5, 5.41) is 7.01.